The highest BCUT2D eigenvalue weighted by atomic mass is 16.1. The van der Waals surface area contributed by atoms with Gasteiger partial charge in [0.1, 0.15) is 0 Å². The summed E-state index contributed by atoms with van der Waals surface area (Å²) in [5.74, 6) is 0.0482. The molecule has 3 rings (SSSR count). The Morgan fingerprint density at radius 3 is 3.05 bits per heavy atom. The average Bonchev–Trinajstić information content (AvgIpc) is 3.16. The molecule has 0 saturated heterocycles. The van der Waals surface area contributed by atoms with Gasteiger partial charge in [-0.25, -0.2) is 0 Å². The van der Waals surface area contributed by atoms with E-state index >= 15 is 0 Å². The first-order chi connectivity index (χ1) is 10.7. The molecule has 0 fully saturated rings. The van der Waals surface area contributed by atoms with Crippen LogP contribution in [-0.4, -0.2) is 44.0 Å². The maximum absolute atomic E-state index is 11.7. The van der Waals surface area contributed by atoms with E-state index in [2.05, 4.69) is 33.5 Å². The Morgan fingerprint density at radius 1 is 1.45 bits per heavy atom. The number of aromatic nitrogens is 4. The Hall–Kier alpha value is -2.15. The molecule has 0 saturated carbocycles. The van der Waals surface area contributed by atoms with Crippen LogP contribution in [-0.2, 0) is 24.4 Å². The number of hydrogen-bond acceptors (Lipinski definition) is 4. The van der Waals surface area contributed by atoms with Crippen molar-refractivity contribution in [2.45, 2.75) is 39.0 Å². The highest BCUT2D eigenvalue weighted by Crippen LogP contribution is 2.24. The van der Waals surface area contributed by atoms with Crippen LogP contribution in [0, 0.1) is 0 Å². The molecule has 2 aromatic rings. The second-order valence-electron chi connectivity index (χ2n) is 5.67. The molecular weight excluding hydrogens is 280 g/mol. The van der Waals surface area contributed by atoms with Crippen molar-refractivity contribution < 1.29 is 4.79 Å². The number of amides is 1. The molecule has 1 unspecified atom stereocenters. The number of hydrogen-bond donors (Lipinski definition) is 1. The van der Waals surface area contributed by atoms with E-state index in [9.17, 15) is 4.79 Å². The van der Waals surface area contributed by atoms with E-state index in [-0.39, 0.29) is 11.9 Å². The standard InChI is InChI=1S/C15H22N6O/c1-3-20-9-12(7-18-20)8-19-10-13-4-5-17-21(13)14(11-19)6-15(22)16-2/h4-5,7,9,14H,3,6,8,10-11H2,1-2H3,(H,16,22). The molecule has 7 heteroatoms. The Morgan fingerprint density at radius 2 is 2.32 bits per heavy atom. The van der Waals surface area contributed by atoms with Crippen LogP contribution in [0.15, 0.2) is 24.7 Å². The lowest BCUT2D eigenvalue weighted by Crippen LogP contribution is -2.39. The molecule has 0 aliphatic carbocycles. The van der Waals surface area contributed by atoms with E-state index in [4.69, 9.17) is 0 Å². The van der Waals surface area contributed by atoms with Crippen molar-refractivity contribution in [1.29, 1.82) is 0 Å². The summed E-state index contributed by atoms with van der Waals surface area (Å²) >= 11 is 0. The van der Waals surface area contributed by atoms with Gasteiger partial charge < -0.3 is 5.32 Å². The van der Waals surface area contributed by atoms with Crippen LogP contribution in [0.2, 0.25) is 0 Å². The topological polar surface area (TPSA) is 68.0 Å². The average molecular weight is 302 g/mol. The van der Waals surface area contributed by atoms with Crippen LogP contribution in [0.4, 0.5) is 0 Å². The molecule has 0 spiro atoms. The van der Waals surface area contributed by atoms with E-state index in [1.54, 1.807) is 7.05 Å². The molecule has 3 heterocycles. The largest absolute Gasteiger partial charge is 0.359 e. The Labute approximate surface area is 129 Å². The third-order valence-electron chi connectivity index (χ3n) is 4.07. The van der Waals surface area contributed by atoms with Crippen LogP contribution in [0.25, 0.3) is 0 Å². The van der Waals surface area contributed by atoms with Gasteiger partial charge in [-0.05, 0) is 13.0 Å². The minimum atomic E-state index is 0.0482. The van der Waals surface area contributed by atoms with Gasteiger partial charge in [-0.2, -0.15) is 10.2 Å². The molecule has 1 aliphatic rings. The summed E-state index contributed by atoms with van der Waals surface area (Å²) in [4.78, 5) is 14.1. The second kappa shape index (κ2) is 6.31. The van der Waals surface area contributed by atoms with E-state index < -0.39 is 0 Å². The SMILES string of the molecule is CCn1cc(CN2Cc3ccnn3C(CC(=O)NC)C2)cn1. The van der Waals surface area contributed by atoms with Crippen molar-refractivity contribution in [3.8, 4) is 0 Å². The van der Waals surface area contributed by atoms with Gasteiger partial charge in [0.25, 0.3) is 0 Å². The van der Waals surface area contributed by atoms with Crippen molar-refractivity contribution in [3.63, 3.8) is 0 Å². The van der Waals surface area contributed by atoms with Crippen LogP contribution in [0.1, 0.15) is 30.6 Å². The summed E-state index contributed by atoms with van der Waals surface area (Å²) < 4.78 is 3.92. The number of fused-ring (bicyclic) bond motifs is 1. The van der Waals surface area contributed by atoms with Gasteiger partial charge in [0.15, 0.2) is 0 Å². The second-order valence-corrected chi connectivity index (χ2v) is 5.67. The zero-order valence-corrected chi connectivity index (χ0v) is 13.1. The van der Waals surface area contributed by atoms with Gasteiger partial charge >= 0.3 is 0 Å². The van der Waals surface area contributed by atoms with Gasteiger partial charge in [0.2, 0.25) is 5.91 Å². The highest BCUT2D eigenvalue weighted by Gasteiger charge is 2.27. The van der Waals surface area contributed by atoms with Crippen molar-refractivity contribution in [2.24, 2.45) is 0 Å². The first-order valence-corrected chi connectivity index (χ1v) is 7.66. The lowest BCUT2D eigenvalue weighted by atomic mass is 10.1. The first-order valence-electron chi connectivity index (χ1n) is 7.66. The fourth-order valence-corrected chi connectivity index (χ4v) is 2.97. The number of rotatable bonds is 5. The quantitative estimate of drug-likeness (QED) is 0.887. The molecule has 1 aliphatic heterocycles. The molecule has 1 amide bonds. The minimum absolute atomic E-state index is 0.0482. The van der Waals surface area contributed by atoms with Crippen LogP contribution < -0.4 is 5.32 Å². The zero-order chi connectivity index (χ0) is 15.5. The number of aryl methyl sites for hydroxylation is 1. The Balaban J connectivity index is 1.73. The van der Waals surface area contributed by atoms with E-state index in [0.717, 1.165) is 31.9 Å². The number of nitrogens with zero attached hydrogens (tertiary/aromatic N) is 5. The highest BCUT2D eigenvalue weighted by molar-refractivity contribution is 5.76. The predicted octanol–water partition coefficient (Wildman–Crippen LogP) is 0.792. The van der Waals surface area contributed by atoms with Gasteiger partial charge in [-0.1, -0.05) is 0 Å². The summed E-state index contributed by atoms with van der Waals surface area (Å²) in [6, 6.07) is 2.11. The number of nitrogens with one attached hydrogen (secondary N) is 1. The molecule has 1 N–H and O–H groups in total. The van der Waals surface area contributed by atoms with Gasteiger partial charge in [-0.3, -0.25) is 19.1 Å². The molecule has 0 aromatic carbocycles. The molecular formula is C15H22N6O. The van der Waals surface area contributed by atoms with Crippen LogP contribution >= 0.6 is 0 Å². The molecule has 0 radical (unpaired) electrons. The van der Waals surface area contributed by atoms with Crippen LogP contribution in [0.5, 0.6) is 0 Å². The fourth-order valence-electron chi connectivity index (χ4n) is 2.97. The monoisotopic (exact) mass is 302 g/mol. The predicted molar refractivity (Wildman–Crippen MR) is 82.0 cm³/mol. The van der Waals surface area contributed by atoms with Gasteiger partial charge in [0, 0.05) is 51.2 Å². The Kier molecular flexibility index (Phi) is 4.24. The fraction of sp³-hybridized carbons (Fsp3) is 0.533. The molecule has 7 nitrogen and oxygen atoms in total. The van der Waals surface area contributed by atoms with Crippen molar-refractivity contribution in [3.05, 3.63) is 35.9 Å². The maximum atomic E-state index is 11.7. The molecule has 2 aromatic heterocycles. The zero-order valence-electron chi connectivity index (χ0n) is 13.1. The van der Waals surface area contributed by atoms with Crippen molar-refractivity contribution >= 4 is 5.91 Å². The summed E-state index contributed by atoms with van der Waals surface area (Å²) in [6.07, 6.45) is 6.27. The minimum Gasteiger partial charge on any atom is -0.359 e. The summed E-state index contributed by atoms with van der Waals surface area (Å²) in [5.41, 5.74) is 2.36. The lowest BCUT2D eigenvalue weighted by Gasteiger charge is -2.33. The summed E-state index contributed by atoms with van der Waals surface area (Å²) in [7, 11) is 1.67. The van der Waals surface area contributed by atoms with Crippen molar-refractivity contribution in [2.75, 3.05) is 13.6 Å². The van der Waals surface area contributed by atoms with Gasteiger partial charge in [-0.15, -0.1) is 0 Å². The maximum Gasteiger partial charge on any atom is 0.221 e. The summed E-state index contributed by atoms with van der Waals surface area (Å²) in [5, 5.41) is 11.4. The summed E-state index contributed by atoms with van der Waals surface area (Å²) in [6.45, 7) is 5.47. The molecule has 0 bridgehead atoms. The van der Waals surface area contributed by atoms with Crippen molar-refractivity contribution in [1.82, 2.24) is 29.8 Å². The number of carbonyl (C=O) groups is 1. The molecule has 22 heavy (non-hydrogen) atoms. The third-order valence-corrected chi connectivity index (χ3v) is 4.07. The van der Waals surface area contributed by atoms with E-state index in [1.807, 2.05) is 27.8 Å². The van der Waals surface area contributed by atoms with Crippen LogP contribution in [0.3, 0.4) is 0 Å². The molecule has 118 valence electrons. The van der Waals surface area contributed by atoms with E-state index in [0.29, 0.717) is 6.42 Å². The lowest BCUT2D eigenvalue weighted by molar-refractivity contribution is -0.121. The third kappa shape index (κ3) is 3.04. The molecule has 1 atom stereocenters. The smallest absolute Gasteiger partial charge is 0.221 e. The van der Waals surface area contributed by atoms with E-state index in [1.165, 1.54) is 5.56 Å². The first kappa shape index (κ1) is 14.8. The van der Waals surface area contributed by atoms with Gasteiger partial charge in [0.05, 0.1) is 24.4 Å². The normalized spacial score (nSPS) is 18.2. The Bertz CT molecular complexity index is 646. The number of carbonyl (C=O) groups excluding carboxylic acids is 1.